The van der Waals surface area contributed by atoms with Gasteiger partial charge >= 0.3 is 0 Å². The zero-order valence-electron chi connectivity index (χ0n) is 12.9. The molecule has 2 nitrogen and oxygen atoms in total. The van der Waals surface area contributed by atoms with Crippen LogP contribution in [0.15, 0.2) is 30.3 Å². The summed E-state index contributed by atoms with van der Waals surface area (Å²) in [5, 5.41) is 0.755. The molecule has 0 atom stereocenters. The topological polar surface area (TPSA) is 35.2 Å². The normalized spacial score (nSPS) is 10.7. The van der Waals surface area contributed by atoms with Gasteiger partial charge in [0.05, 0.1) is 0 Å². The van der Waals surface area contributed by atoms with Gasteiger partial charge in [-0.25, -0.2) is 0 Å². The molecule has 2 N–H and O–H groups in total. The van der Waals surface area contributed by atoms with Crippen molar-refractivity contribution in [3.8, 4) is 5.75 Å². The van der Waals surface area contributed by atoms with E-state index in [1.54, 1.807) is 0 Å². The van der Waals surface area contributed by atoms with Crippen molar-refractivity contribution in [1.82, 2.24) is 0 Å². The molecule has 0 heterocycles. The lowest BCUT2D eigenvalue weighted by atomic mass is 10.0. The molecule has 2 rings (SSSR count). The van der Waals surface area contributed by atoms with Gasteiger partial charge < -0.3 is 10.5 Å². The first-order valence-corrected chi connectivity index (χ1v) is 7.57. The highest BCUT2D eigenvalue weighted by molar-refractivity contribution is 6.31. The van der Waals surface area contributed by atoms with Gasteiger partial charge in [0.1, 0.15) is 12.4 Å². The van der Waals surface area contributed by atoms with Crippen molar-refractivity contribution in [1.29, 1.82) is 0 Å². The number of aryl methyl sites for hydroxylation is 3. The van der Waals surface area contributed by atoms with Crippen LogP contribution in [-0.4, -0.2) is 6.54 Å². The molecule has 0 bridgehead atoms. The Morgan fingerprint density at radius 3 is 2.29 bits per heavy atom. The largest absolute Gasteiger partial charge is 0.488 e. The quantitative estimate of drug-likeness (QED) is 0.891. The Labute approximate surface area is 131 Å². The Hall–Kier alpha value is -1.51. The van der Waals surface area contributed by atoms with Crippen LogP contribution >= 0.6 is 11.6 Å². The number of hydrogen-bond acceptors (Lipinski definition) is 2. The molecular formula is C18H22ClNO. The van der Waals surface area contributed by atoms with Gasteiger partial charge in [0.25, 0.3) is 0 Å². The van der Waals surface area contributed by atoms with E-state index in [9.17, 15) is 0 Å². The Balaban J connectivity index is 2.16. The highest BCUT2D eigenvalue weighted by atomic mass is 35.5. The number of halogens is 1. The van der Waals surface area contributed by atoms with Crippen molar-refractivity contribution in [3.63, 3.8) is 0 Å². The van der Waals surface area contributed by atoms with Crippen LogP contribution in [0, 0.1) is 20.8 Å². The second-order valence-corrected chi connectivity index (χ2v) is 5.89. The van der Waals surface area contributed by atoms with Gasteiger partial charge in [-0.05, 0) is 62.1 Å². The lowest BCUT2D eigenvalue weighted by molar-refractivity contribution is 0.302. The van der Waals surface area contributed by atoms with E-state index in [0.29, 0.717) is 13.2 Å². The summed E-state index contributed by atoms with van der Waals surface area (Å²) >= 11 is 6.25. The molecule has 0 fully saturated rings. The van der Waals surface area contributed by atoms with Crippen molar-refractivity contribution >= 4 is 11.6 Å². The number of nitrogens with two attached hydrogens (primary N) is 1. The molecule has 0 aliphatic rings. The monoisotopic (exact) mass is 303 g/mol. The van der Waals surface area contributed by atoms with Gasteiger partial charge in [-0.3, -0.25) is 0 Å². The van der Waals surface area contributed by atoms with E-state index in [-0.39, 0.29) is 0 Å². The minimum absolute atomic E-state index is 0.483. The summed E-state index contributed by atoms with van der Waals surface area (Å²) in [7, 11) is 0. The summed E-state index contributed by atoms with van der Waals surface area (Å²) in [5.74, 6) is 0.937. The van der Waals surface area contributed by atoms with E-state index in [1.807, 2.05) is 19.1 Å². The van der Waals surface area contributed by atoms with E-state index < -0.39 is 0 Å². The van der Waals surface area contributed by atoms with Crippen molar-refractivity contribution < 1.29 is 4.74 Å². The zero-order chi connectivity index (χ0) is 15.4. The lowest BCUT2D eigenvalue weighted by Crippen LogP contribution is -2.05. The molecule has 112 valence electrons. The van der Waals surface area contributed by atoms with E-state index in [2.05, 4.69) is 32.0 Å². The minimum atomic E-state index is 0.483. The molecule has 0 aromatic heterocycles. The van der Waals surface area contributed by atoms with E-state index in [0.717, 1.165) is 39.4 Å². The first-order chi connectivity index (χ1) is 10.0. The van der Waals surface area contributed by atoms with Gasteiger partial charge in [-0.2, -0.15) is 0 Å². The molecule has 0 aliphatic carbocycles. The fourth-order valence-electron chi connectivity index (χ4n) is 2.50. The number of rotatable bonds is 5. The van der Waals surface area contributed by atoms with Gasteiger partial charge in [0.15, 0.2) is 0 Å². The van der Waals surface area contributed by atoms with Crippen molar-refractivity contribution in [2.24, 2.45) is 5.73 Å². The smallest absolute Gasteiger partial charge is 0.125 e. The van der Waals surface area contributed by atoms with E-state index in [4.69, 9.17) is 22.1 Å². The highest BCUT2D eigenvalue weighted by Gasteiger charge is 2.08. The van der Waals surface area contributed by atoms with Crippen LogP contribution in [0.3, 0.4) is 0 Å². The Kier molecular flexibility index (Phi) is 5.27. The summed E-state index contributed by atoms with van der Waals surface area (Å²) in [6.45, 7) is 7.31. The summed E-state index contributed by atoms with van der Waals surface area (Å²) in [6, 6.07) is 10.3. The average molecular weight is 304 g/mol. The van der Waals surface area contributed by atoms with Gasteiger partial charge in [-0.15, -0.1) is 0 Å². The van der Waals surface area contributed by atoms with Crippen molar-refractivity contribution in [2.45, 2.75) is 33.8 Å². The van der Waals surface area contributed by atoms with Gasteiger partial charge in [0.2, 0.25) is 0 Å². The lowest BCUT2D eigenvalue weighted by Gasteiger charge is -2.15. The molecule has 2 aromatic carbocycles. The number of hydrogen-bond donors (Lipinski definition) is 1. The first kappa shape index (κ1) is 15.9. The SMILES string of the molecule is Cc1ccc(COc2c(C)cc(CCN)cc2C)c(Cl)c1. The average Bonchev–Trinajstić information content (AvgIpc) is 2.40. The predicted molar refractivity (Wildman–Crippen MR) is 89.2 cm³/mol. The second-order valence-electron chi connectivity index (χ2n) is 5.48. The van der Waals surface area contributed by atoms with Crippen molar-refractivity contribution in [2.75, 3.05) is 6.54 Å². The highest BCUT2D eigenvalue weighted by Crippen LogP contribution is 2.27. The molecule has 0 radical (unpaired) electrons. The van der Waals surface area contributed by atoms with Gasteiger partial charge in [-0.1, -0.05) is 35.9 Å². The van der Waals surface area contributed by atoms with Crippen LogP contribution in [0.4, 0.5) is 0 Å². The summed E-state index contributed by atoms with van der Waals surface area (Å²) < 4.78 is 5.99. The van der Waals surface area contributed by atoms with Gasteiger partial charge in [0, 0.05) is 10.6 Å². The van der Waals surface area contributed by atoms with E-state index in [1.165, 1.54) is 5.56 Å². The maximum Gasteiger partial charge on any atom is 0.125 e. The third-order valence-corrected chi connectivity index (χ3v) is 3.89. The zero-order valence-corrected chi connectivity index (χ0v) is 13.6. The summed E-state index contributed by atoms with van der Waals surface area (Å²) in [5.41, 5.74) is 11.3. The standard InChI is InChI=1S/C18H22ClNO/c1-12-4-5-16(17(19)8-12)11-21-18-13(2)9-15(6-7-20)10-14(18)3/h4-5,8-10H,6-7,11,20H2,1-3H3. The Morgan fingerprint density at radius 1 is 1.05 bits per heavy atom. The molecule has 0 spiro atoms. The first-order valence-electron chi connectivity index (χ1n) is 7.19. The molecule has 21 heavy (non-hydrogen) atoms. The fraction of sp³-hybridized carbons (Fsp3) is 0.333. The van der Waals surface area contributed by atoms with Crippen LogP contribution in [0.25, 0.3) is 0 Å². The van der Waals surface area contributed by atoms with Crippen LogP contribution in [0.5, 0.6) is 5.75 Å². The maximum atomic E-state index is 6.25. The molecule has 0 unspecified atom stereocenters. The molecule has 0 saturated carbocycles. The summed E-state index contributed by atoms with van der Waals surface area (Å²) in [4.78, 5) is 0. The predicted octanol–water partition coefficient (Wildman–Crippen LogP) is 4.35. The molecule has 0 aliphatic heterocycles. The van der Waals surface area contributed by atoms with Crippen LogP contribution < -0.4 is 10.5 Å². The summed E-state index contributed by atoms with van der Waals surface area (Å²) in [6.07, 6.45) is 0.895. The van der Waals surface area contributed by atoms with Crippen LogP contribution in [-0.2, 0) is 13.0 Å². The maximum absolute atomic E-state index is 6.25. The minimum Gasteiger partial charge on any atom is -0.488 e. The third-order valence-electron chi connectivity index (χ3n) is 3.53. The van der Waals surface area contributed by atoms with Crippen LogP contribution in [0.2, 0.25) is 5.02 Å². The Bertz CT molecular complexity index is 614. The third kappa shape index (κ3) is 3.99. The molecular weight excluding hydrogens is 282 g/mol. The molecule has 0 amide bonds. The van der Waals surface area contributed by atoms with Crippen molar-refractivity contribution in [3.05, 3.63) is 63.2 Å². The molecule has 3 heteroatoms. The van der Waals surface area contributed by atoms with E-state index >= 15 is 0 Å². The number of benzene rings is 2. The second kappa shape index (κ2) is 6.97. The fourth-order valence-corrected chi connectivity index (χ4v) is 2.79. The Morgan fingerprint density at radius 2 is 1.71 bits per heavy atom. The molecule has 2 aromatic rings. The number of ether oxygens (including phenoxy) is 1. The van der Waals surface area contributed by atoms with Crippen LogP contribution in [0.1, 0.15) is 27.8 Å². The molecule has 0 saturated heterocycles.